The minimum Gasteiger partial charge on any atom is -0.356 e. The summed E-state index contributed by atoms with van der Waals surface area (Å²) in [6, 6.07) is 0.622. The average Bonchev–Trinajstić information content (AvgIpc) is 2.45. The van der Waals surface area contributed by atoms with Crippen molar-refractivity contribution in [1.82, 2.24) is 10.6 Å². The molecule has 2 unspecified atom stereocenters. The normalized spacial score (nSPS) is 26.1. The molecule has 3 heteroatoms. The zero-order valence-electron chi connectivity index (χ0n) is 10.7. The van der Waals surface area contributed by atoms with Gasteiger partial charge in [0.15, 0.2) is 0 Å². The van der Waals surface area contributed by atoms with E-state index in [-0.39, 0.29) is 5.91 Å². The molecule has 1 saturated carbocycles. The van der Waals surface area contributed by atoms with Crippen LogP contribution in [0, 0.1) is 5.92 Å². The molecule has 0 aromatic carbocycles. The molecule has 0 heterocycles. The van der Waals surface area contributed by atoms with Crippen molar-refractivity contribution in [3.05, 3.63) is 0 Å². The lowest BCUT2D eigenvalue weighted by Crippen LogP contribution is -2.37. The third kappa shape index (κ3) is 4.97. The van der Waals surface area contributed by atoms with E-state index in [2.05, 4.69) is 17.6 Å². The number of amides is 1. The molecular weight excluding hydrogens is 200 g/mol. The van der Waals surface area contributed by atoms with E-state index < -0.39 is 0 Å². The van der Waals surface area contributed by atoms with E-state index >= 15 is 0 Å². The lowest BCUT2D eigenvalue weighted by molar-refractivity contribution is -0.120. The van der Waals surface area contributed by atoms with Crippen LogP contribution < -0.4 is 10.6 Å². The highest BCUT2D eigenvalue weighted by atomic mass is 16.1. The maximum absolute atomic E-state index is 11.3. The standard InChI is InChI=1S/C13H26N2O/c1-3-14-13(16)9-10-15-12-8-6-4-5-7-11(12)2/h11-12,15H,3-10H2,1-2H3,(H,14,16). The molecule has 2 atom stereocenters. The molecule has 0 aromatic rings. The van der Waals surface area contributed by atoms with E-state index in [9.17, 15) is 4.79 Å². The quantitative estimate of drug-likeness (QED) is 0.705. The summed E-state index contributed by atoms with van der Waals surface area (Å²) >= 11 is 0. The molecule has 0 aromatic heterocycles. The highest BCUT2D eigenvalue weighted by molar-refractivity contribution is 5.75. The number of nitrogens with one attached hydrogen (secondary N) is 2. The van der Waals surface area contributed by atoms with Crippen LogP contribution in [0.5, 0.6) is 0 Å². The summed E-state index contributed by atoms with van der Waals surface area (Å²) in [6.07, 6.45) is 7.30. The molecule has 1 aliphatic carbocycles. The highest BCUT2D eigenvalue weighted by Gasteiger charge is 2.18. The van der Waals surface area contributed by atoms with Crippen molar-refractivity contribution < 1.29 is 4.79 Å². The van der Waals surface area contributed by atoms with E-state index in [1.807, 2.05) is 6.92 Å². The van der Waals surface area contributed by atoms with Crippen LogP contribution in [-0.4, -0.2) is 25.0 Å². The minimum absolute atomic E-state index is 0.163. The summed E-state index contributed by atoms with van der Waals surface area (Å²) in [5.41, 5.74) is 0. The predicted octanol–water partition coefficient (Wildman–Crippen LogP) is 2.07. The van der Waals surface area contributed by atoms with Crippen LogP contribution >= 0.6 is 0 Å². The molecule has 16 heavy (non-hydrogen) atoms. The number of rotatable bonds is 5. The highest BCUT2D eigenvalue weighted by Crippen LogP contribution is 2.22. The first kappa shape index (κ1) is 13.5. The van der Waals surface area contributed by atoms with Gasteiger partial charge in [0, 0.05) is 25.6 Å². The van der Waals surface area contributed by atoms with Gasteiger partial charge in [-0.05, 0) is 25.7 Å². The molecule has 1 rings (SSSR count). The Morgan fingerprint density at radius 1 is 1.25 bits per heavy atom. The van der Waals surface area contributed by atoms with Gasteiger partial charge in [-0.15, -0.1) is 0 Å². The van der Waals surface area contributed by atoms with Crippen molar-refractivity contribution in [3.63, 3.8) is 0 Å². The minimum atomic E-state index is 0.163. The third-order valence-electron chi connectivity index (χ3n) is 3.49. The van der Waals surface area contributed by atoms with Gasteiger partial charge in [0.25, 0.3) is 0 Å². The Morgan fingerprint density at radius 2 is 2.00 bits per heavy atom. The van der Waals surface area contributed by atoms with Crippen LogP contribution in [0.25, 0.3) is 0 Å². The fourth-order valence-electron chi connectivity index (χ4n) is 2.45. The number of hydrogen-bond donors (Lipinski definition) is 2. The van der Waals surface area contributed by atoms with Gasteiger partial charge in [-0.1, -0.05) is 26.2 Å². The van der Waals surface area contributed by atoms with Gasteiger partial charge in [0.2, 0.25) is 5.91 Å². The van der Waals surface area contributed by atoms with Crippen molar-refractivity contribution in [3.8, 4) is 0 Å². The number of hydrogen-bond acceptors (Lipinski definition) is 2. The summed E-state index contributed by atoms with van der Waals surface area (Å²) in [5, 5.41) is 6.37. The lowest BCUT2D eigenvalue weighted by Gasteiger charge is -2.22. The summed E-state index contributed by atoms with van der Waals surface area (Å²) in [4.78, 5) is 11.3. The van der Waals surface area contributed by atoms with Crippen molar-refractivity contribution >= 4 is 5.91 Å². The van der Waals surface area contributed by atoms with Gasteiger partial charge in [-0.25, -0.2) is 0 Å². The second-order valence-electron chi connectivity index (χ2n) is 4.88. The van der Waals surface area contributed by atoms with Crippen LogP contribution in [-0.2, 0) is 4.79 Å². The van der Waals surface area contributed by atoms with E-state index in [1.165, 1.54) is 32.1 Å². The summed E-state index contributed by atoms with van der Waals surface area (Å²) < 4.78 is 0. The first-order chi connectivity index (χ1) is 7.74. The van der Waals surface area contributed by atoms with Gasteiger partial charge in [-0.3, -0.25) is 4.79 Å². The lowest BCUT2D eigenvalue weighted by atomic mass is 9.97. The Kier molecular flexibility index (Phi) is 6.46. The predicted molar refractivity (Wildman–Crippen MR) is 67.3 cm³/mol. The Morgan fingerprint density at radius 3 is 2.75 bits per heavy atom. The van der Waals surface area contributed by atoms with E-state index in [0.29, 0.717) is 12.5 Å². The number of carbonyl (C=O) groups is 1. The van der Waals surface area contributed by atoms with Gasteiger partial charge in [-0.2, -0.15) is 0 Å². The van der Waals surface area contributed by atoms with E-state index in [0.717, 1.165) is 19.0 Å². The Bertz CT molecular complexity index is 206. The third-order valence-corrected chi connectivity index (χ3v) is 3.49. The molecule has 0 radical (unpaired) electrons. The molecule has 1 aliphatic rings. The molecule has 1 fully saturated rings. The van der Waals surface area contributed by atoms with Crippen molar-refractivity contribution in [2.24, 2.45) is 5.92 Å². The first-order valence-corrected chi connectivity index (χ1v) is 6.74. The first-order valence-electron chi connectivity index (χ1n) is 6.74. The van der Waals surface area contributed by atoms with Gasteiger partial charge < -0.3 is 10.6 Å². The maximum atomic E-state index is 11.3. The van der Waals surface area contributed by atoms with E-state index in [1.54, 1.807) is 0 Å². The van der Waals surface area contributed by atoms with E-state index in [4.69, 9.17) is 0 Å². The van der Waals surface area contributed by atoms with Gasteiger partial charge >= 0.3 is 0 Å². The van der Waals surface area contributed by atoms with Crippen LogP contribution in [0.15, 0.2) is 0 Å². The molecule has 0 bridgehead atoms. The molecule has 94 valence electrons. The monoisotopic (exact) mass is 226 g/mol. The van der Waals surface area contributed by atoms with Gasteiger partial charge in [0.1, 0.15) is 0 Å². The molecular formula is C13H26N2O. The Labute approximate surface area is 99.4 Å². The van der Waals surface area contributed by atoms with Crippen LogP contribution in [0.3, 0.4) is 0 Å². The average molecular weight is 226 g/mol. The second-order valence-corrected chi connectivity index (χ2v) is 4.88. The molecule has 1 amide bonds. The second kappa shape index (κ2) is 7.66. The Balaban J connectivity index is 2.17. The van der Waals surface area contributed by atoms with Gasteiger partial charge in [0.05, 0.1) is 0 Å². The zero-order valence-corrected chi connectivity index (χ0v) is 10.7. The van der Waals surface area contributed by atoms with Crippen molar-refractivity contribution in [2.45, 2.75) is 58.4 Å². The largest absolute Gasteiger partial charge is 0.356 e. The SMILES string of the molecule is CCNC(=O)CCNC1CCCCCC1C. The van der Waals surface area contributed by atoms with Crippen molar-refractivity contribution in [2.75, 3.05) is 13.1 Å². The van der Waals surface area contributed by atoms with Crippen LogP contribution in [0.4, 0.5) is 0 Å². The zero-order chi connectivity index (χ0) is 11.8. The maximum Gasteiger partial charge on any atom is 0.221 e. The fraction of sp³-hybridized carbons (Fsp3) is 0.923. The molecule has 0 saturated heterocycles. The Hall–Kier alpha value is -0.570. The molecule has 0 spiro atoms. The van der Waals surface area contributed by atoms with Crippen LogP contribution in [0.1, 0.15) is 52.4 Å². The molecule has 3 nitrogen and oxygen atoms in total. The fourth-order valence-corrected chi connectivity index (χ4v) is 2.45. The van der Waals surface area contributed by atoms with Crippen LogP contribution in [0.2, 0.25) is 0 Å². The topological polar surface area (TPSA) is 41.1 Å². The molecule has 2 N–H and O–H groups in total. The van der Waals surface area contributed by atoms with Crippen molar-refractivity contribution in [1.29, 1.82) is 0 Å². The smallest absolute Gasteiger partial charge is 0.221 e. The molecule has 0 aliphatic heterocycles. The summed E-state index contributed by atoms with van der Waals surface area (Å²) in [7, 11) is 0. The number of carbonyl (C=O) groups excluding carboxylic acids is 1. The summed E-state index contributed by atoms with van der Waals surface area (Å²) in [5.74, 6) is 0.924. The summed E-state index contributed by atoms with van der Waals surface area (Å²) in [6.45, 7) is 5.84.